The van der Waals surface area contributed by atoms with Crippen LogP contribution in [-0.2, 0) is 4.79 Å². The molecule has 0 heterocycles. The Morgan fingerprint density at radius 2 is 1.82 bits per heavy atom. The van der Waals surface area contributed by atoms with E-state index in [-0.39, 0.29) is 18.5 Å². The van der Waals surface area contributed by atoms with Crippen molar-refractivity contribution in [1.29, 1.82) is 0 Å². The Hall–Kier alpha value is -1.55. The highest BCUT2D eigenvalue weighted by Gasteiger charge is 2.11. The first-order chi connectivity index (χ1) is 10.5. The SMILES string of the molecule is Cc1ccc(NC(=O)CN[C@@H](C)c2ccc(Cl)cc2Cl)cc1. The van der Waals surface area contributed by atoms with Crippen LogP contribution >= 0.6 is 23.2 Å². The normalized spacial score (nSPS) is 12.0. The fourth-order valence-electron chi connectivity index (χ4n) is 2.05. The molecule has 0 unspecified atom stereocenters. The van der Waals surface area contributed by atoms with Crippen molar-refractivity contribution in [2.24, 2.45) is 0 Å². The van der Waals surface area contributed by atoms with E-state index in [4.69, 9.17) is 23.2 Å². The predicted octanol–water partition coefficient (Wildman–Crippen LogP) is 4.59. The standard InChI is InChI=1S/C17H18Cl2N2O/c1-11-3-6-14(7-4-11)21-17(22)10-20-12(2)15-8-5-13(18)9-16(15)19/h3-9,12,20H,10H2,1-2H3,(H,21,22)/t12-/m0/s1. The summed E-state index contributed by atoms with van der Waals surface area (Å²) in [5.74, 6) is -0.0965. The lowest BCUT2D eigenvalue weighted by Gasteiger charge is -2.16. The highest BCUT2D eigenvalue weighted by atomic mass is 35.5. The summed E-state index contributed by atoms with van der Waals surface area (Å²) in [4.78, 5) is 11.9. The average Bonchev–Trinajstić information content (AvgIpc) is 2.47. The Morgan fingerprint density at radius 3 is 2.45 bits per heavy atom. The zero-order valence-electron chi connectivity index (χ0n) is 12.5. The van der Waals surface area contributed by atoms with Gasteiger partial charge in [-0.25, -0.2) is 0 Å². The lowest BCUT2D eigenvalue weighted by atomic mass is 10.1. The minimum absolute atomic E-state index is 0.0477. The summed E-state index contributed by atoms with van der Waals surface area (Å²) in [6.45, 7) is 4.16. The predicted molar refractivity (Wildman–Crippen MR) is 92.7 cm³/mol. The summed E-state index contributed by atoms with van der Waals surface area (Å²) < 4.78 is 0. The highest BCUT2D eigenvalue weighted by molar-refractivity contribution is 6.35. The van der Waals surface area contributed by atoms with E-state index in [9.17, 15) is 4.79 Å². The lowest BCUT2D eigenvalue weighted by molar-refractivity contribution is -0.115. The minimum atomic E-state index is -0.0965. The smallest absolute Gasteiger partial charge is 0.238 e. The van der Waals surface area contributed by atoms with Gasteiger partial charge in [-0.05, 0) is 43.7 Å². The van der Waals surface area contributed by atoms with E-state index in [1.807, 2.05) is 44.2 Å². The van der Waals surface area contributed by atoms with Gasteiger partial charge >= 0.3 is 0 Å². The second-order valence-electron chi connectivity index (χ2n) is 5.18. The molecule has 0 spiro atoms. The third-order valence-electron chi connectivity index (χ3n) is 3.33. The summed E-state index contributed by atoms with van der Waals surface area (Å²) in [5.41, 5.74) is 2.85. The van der Waals surface area contributed by atoms with Crippen LogP contribution in [0.15, 0.2) is 42.5 Å². The van der Waals surface area contributed by atoms with Crippen molar-refractivity contribution in [3.05, 3.63) is 63.6 Å². The number of halogens is 2. The molecule has 0 saturated carbocycles. The first-order valence-corrected chi connectivity index (χ1v) is 7.76. The van der Waals surface area contributed by atoms with Crippen LogP contribution in [0.3, 0.4) is 0 Å². The van der Waals surface area contributed by atoms with Crippen molar-refractivity contribution in [3.8, 4) is 0 Å². The second-order valence-corrected chi connectivity index (χ2v) is 6.03. The molecule has 0 radical (unpaired) electrons. The van der Waals surface area contributed by atoms with Gasteiger partial charge in [-0.3, -0.25) is 4.79 Å². The summed E-state index contributed by atoms with van der Waals surface area (Å²) in [7, 11) is 0. The van der Waals surface area contributed by atoms with E-state index < -0.39 is 0 Å². The average molecular weight is 337 g/mol. The lowest BCUT2D eigenvalue weighted by Crippen LogP contribution is -2.30. The fraction of sp³-hybridized carbons (Fsp3) is 0.235. The Labute approximate surface area is 140 Å². The third-order valence-corrected chi connectivity index (χ3v) is 3.90. The number of carbonyl (C=O) groups excluding carboxylic acids is 1. The molecular formula is C17H18Cl2N2O. The number of aryl methyl sites for hydroxylation is 1. The fourth-order valence-corrected chi connectivity index (χ4v) is 2.62. The number of anilines is 1. The molecule has 0 aromatic heterocycles. The van der Waals surface area contributed by atoms with Crippen molar-refractivity contribution < 1.29 is 4.79 Å². The quantitative estimate of drug-likeness (QED) is 0.838. The molecule has 2 rings (SSSR count). The molecule has 116 valence electrons. The number of nitrogens with one attached hydrogen (secondary N) is 2. The van der Waals surface area contributed by atoms with Gasteiger partial charge in [0.05, 0.1) is 6.54 Å². The molecule has 0 bridgehead atoms. The first kappa shape index (κ1) is 16.8. The molecule has 1 amide bonds. The second kappa shape index (κ2) is 7.63. The Kier molecular flexibility index (Phi) is 5.83. The van der Waals surface area contributed by atoms with Crippen molar-refractivity contribution in [1.82, 2.24) is 5.32 Å². The van der Waals surface area contributed by atoms with Gasteiger partial charge in [0, 0.05) is 21.8 Å². The molecule has 1 atom stereocenters. The Morgan fingerprint density at radius 1 is 1.14 bits per heavy atom. The van der Waals surface area contributed by atoms with Crippen LogP contribution in [0.25, 0.3) is 0 Å². The molecule has 0 fully saturated rings. The van der Waals surface area contributed by atoms with Gasteiger partial charge in [0.2, 0.25) is 5.91 Å². The maximum absolute atomic E-state index is 11.9. The number of hydrogen-bond acceptors (Lipinski definition) is 2. The van der Waals surface area contributed by atoms with Crippen LogP contribution in [0.2, 0.25) is 10.0 Å². The number of amides is 1. The molecule has 0 saturated heterocycles. The van der Waals surface area contributed by atoms with Crippen molar-refractivity contribution in [3.63, 3.8) is 0 Å². The summed E-state index contributed by atoms with van der Waals surface area (Å²) >= 11 is 12.0. The van der Waals surface area contributed by atoms with E-state index in [0.717, 1.165) is 16.8 Å². The number of benzene rings is 2. The van der Waals surface area contributed by atoms with Gasteiger partial charge in [-0.1, -0.05) is 47.0 Å². The molecule has 0 aliphatic rings. The maximum Gasteiger partial charge on any atom is 0.238 e. The topological polar surface area (TPSA) is 41.1 Å². The van der Waals surface area contributed by atoms with Gasteiger partial charge in [0.25, 0.3) is 0 Å². The van der Waals surface area contributed by atoms with E-state index in [2.05, 4.69) is 10.6 Å². The van der Waals surface area contributed by atoms with Crippen LogP contribution in [0.4, 0.5) is 5.69 Å². The molecule has 2 aromatic carbocycles. The van der Waals surface area contributed by atoms with Crippen LogP contribution < -0.4 is 10.6 Å². The zero-order chi connectivity index (χ0) is 16.1. The summed E-state index contributed by atoms with van der Waals surface area (Å²) in [6.07, 6.45) is 0. The van der Waals surface area contributed by atoms with Crippen molar-refractivity contribution in [2.45, 2.75) is 19.9 Å². The third kappa shape index (κ3) is 4.73. The Bertz CT molecular complexity index is 656. The van der Waals surface area contributed by atoms with Gasteiger partial charge in [-0.2, -0.15) is 0 Å². The first-order valence-electron chi connectivity index (χ1n) is 7.00. The Balaban J connectivity index is 1.88. The molecule has 5 heteroatoms. The largest absolute Gasteiger partial charge is 0.325 e. The van der Waals surface area contributed by atoms with E-state index in [1.165, 1.54) is 0 Å². The number of carbonyl (C=O) groups is 1. The summed E-state index contributed by atoms with van der Waals surface area (Å²) in [6, 6.07) is 13.0. The van der Waals surface area contributed by atoms with Crippen LogP contribution in [0.5, 0.6) is 0 Å². The van der Waals surface area contributed by atoms with Crippen LogP contribution in [0.1, 0.15) is 24.1 Å². The summed E-state index contributed by atoms with van der Waals surface area (Å²) in [5, 5.41) is 7.18. The molecule has 2 N–H and O–H groups in total. The molecule has 2 aromatic rings. The van der Waals surface area contributed by atoms with Crippen molar-refractivity contribution in [2.75, 3.05) is 11.9 Å². The highest BCUT2D eigenvalue weighted by Crippen LogP contribution is 2.25. The van der Waals surface area contributed by atoms with E-state index >= 15 is 0 Å². The molecule has 22 heavy (non-hydrogen) atoms. The molecule has 0 aliphatic heterocycles. The van der Waals surface area contributed by atoms with Gasteiger partial charge in [0.15, 0.2) is 0 Å². The van der Waals surface area contributed by atoms with Gasteiger partial charge < -0.3 is 10.6 Å². The van der Waals surface area contributed by atoms with Crippen molar-refractivity contribution >= 4 is 34.8 Å². The van der Waals surface area contributed by atoms with Crippen LogP contribution in [-0.4, -0.2) is 12.5 Å². The van der Waals surface area contributed by atoms with E-state index in [0.29, 0.717) is 10.0 Å². The maximum atomic E-state index is 11.9. The minimum Gasteiger partial charge on any atom is -0.325 e. The molecule has 0 aliphatic carbocycles. The van der Waals surface area contributed by atoms with Gasteiger partial charge in [0.1, 0.15) is 0 Å². The van der Waals surface area contributed by atoms with E-state index in [1.54, 1.807) is 12.1 Å². The number of hydrogen-bond donors (Lipinski definition) is 2. The van der Waals surface area contributed by atoms with Crippen LogP contribution in [0, 0.1) is 6.92 Å². The molecule has 3 nitrogen and oxygen atoms in total. The van der Waals surface area contributed by atoms with Gasteiger partial charge in [-0.15, -0.1) is 0 Å². The number of rotatable bonds is 5. The zero-order valence-corrected chi connectivity index (χ0v) is 14.0. The molecular weight excluding hydrogens is 319 g/mol. The monoisotopic (exact) mass is 336 g/mol.